The summed E-state index contributed by atoms with van der Waals surface area (Å²) in [6.07, 6.45) is 0. The molecule has 120 valence electrons. The second-order valence-corrected chi connectivity index (χ2v) is 4.68. The van der Waals surface area contributed by atoms with Crippen LogP contribution in [0.1, 0.15) is 26.3 Å². The van der Waals surface area contributed by atoms with Crippen LogP contribution < -0.4 is 14.2 Å². The number of ether oxygens (including phenoxy) is 3. The Hall–Kier alpha value is -1.46. The summed E-state index contributed by atoms with van der Waals surface area (Å²) in [5, 5.41) is 9.00. The molecular formula is C16H27NO4. The normalized spacial score (nSPS) is 10.8. The quantitative estimate of drug-likeness (QED) is 0.718. The predicted octanol–water partition coefficient (Wildman–Crippen LogP) is 2.31. The van der Waals surface area contributed by atoms with Crippen molar-refractivity contribution in [2.45, 2.75) is 27.3 Å². The van der Waals surface area contributed by atoms with Crippen LogP contribution >= 0.6 is 0 Å². The summed E-state index contributed by atoms with van der Waals surface area (Å²) in [6.45, 7) is 9.02. The van der Waals surface area contributed by atoms with Crippen LogP contribution in [0.3, 0.4) is 0 Å². The molecule has 0 aliphatic rings. The lowest BCUT2D eigenvalue weighted by Crippen LogP contribution is -2.21. The van der Waals surface area contributed by atoms with Crippen LogP contribution in [0.4, 0.5) is 0 Å². The molecule has 5 heteroatoms. The molecule has 1 aromatic carbocycles. The number of rotatable bonds is 10. The molecule has 0 atom stereocenters. The van der Waals surface area contributed by atoms with Crippen LogP contribution in [0.15, 0.2) is 12.1 Å². The number of aliphatic hydroxyl groups is 1. The molecule has 0 saturated carbocycles. The number of hydrogen-bond donors (Lipinski definition) is 1. The predicted molar refractivity (Wildman–Crippen MR) is 83.4 cm³/mol. The van der Waals surface area contributed by atoms with Gasteiger partial charge in [0.2, 0.25) is 5.75 Å². The Morgan fingerprint density at radius 1 is 0.952 bits per heavy atom. The van der Waals surface area contributed by atoms with Gasteiger partial charge >= 0.3 is 0 Å². The maximum atomic E-state index is 9.00. The maximum absolute atomic E-state index is 9.00. The van der Waals surface area contributed by atoms with Gasteiger partial charge in [0.15, 0.2) is 11.5 Å². The molecule has 0 saturated heterocycles. The van der Waals surface area contributed by atoms with Crippen LogP contribution in [0, 0.1) is 0 Å². The van der Waals surface area contributed by atoms with Crippen molar-refractivity contribution in [1.82, 2.24) is 4.90 Å². The van der Waals surface area contributed by atoms with E-state index in [0.29, 0.717) is 50.2 Å². The molecule has 1 aromatic rings. The highest BCUT2D eigenvalue weighted by molar-refractivity contribution is 5.54. The molecule has 1 N–H and O–H groups in total. The Bertz CT molecular complexity index is 396. The minimum Gasteiger partial charge on any atom is -0.490 e. The molecule has 0 bridgehead atoms. The van der Waals surface area contributed by atoms with E-state index in [0.717, 1.165) is 5.56 Å². The van der Waals surface area contributed by atoms with Crippen molar-refractivity contribution in [2.75, 3.05) is 40.0 Å². The van der Waals surface area contributed by atoms with Gasteiger partial charge in [-0.3, -0.25) is 4.90 Å². The molecule has 0 aliphatic heterocycles. The van der Waals surface area contributed by atoms with Gasteiger partial charge in [0.05, 0.1) is 26.4 Å². The van der Waals surface area contributed by atoms with Crippen LogP contribution in [0.5, 0.6) is 17.2 Å². The van der Waals surface area contributed by atoms with Gasteiger partial charge in [0.25, 0.3) is 0 Å². The molecular weight excluding hydrogens is 270 g/mol. The number of likely N-dealkylation sites (N-methyl/N-ethyl adjacent to an activating group) is 1. The minimum absolute atomic E-state index is 0.143. The smallest absolute Gasteiger partial charge is 0.203 e. The van der Waals surface area contributed by atoms with E-state index >= 15 is 0 Å². The Morgan fingerprint density at radius 3 is 1.90 bits per heavy atom. The Balaban J connectivity index is 3.09. The van der Waals surface area contributed by atoms with Crippen LogP contribution in [0.25, 0.3) is 0 Å². The van der Waals surface area contributed by atoms with Crippen LogP contribution in [-0.2, 0) is 6.54 Å². The summed E-state index contributed by atoms with van der Waals surface area (Å²) in [5.74, 6) is 2.07. The van der Waals surface area contributed by atoms with E-state index in [4.69, 9.17) is 19.3 Å². The van der Waals surface area contributed by atoms with E-state index in [1.54, 1.807) is 0 Å². The van der Waals surface area contributed by atoms with Gasteiger partial charge in [-0.25, -0.2) is 0 Å². The van der Waals surface area contributed by atoms with Gasteiger partial charge in [-0.1, -0.05) is 0 Å². The first-order chi connectivity index (χ1) is 10.2. The minimum atomic E-state index is 0.143. The van der Waals surface area contributed by atoms with Crippen molar-refractivity contribution in [3.8, 4) is 17.2 Å². The molecule has 0 heterocycles. The first-order valence-electron chi connectivity index (χ1n) is 7.50. The second kappa shape index (κ2) is 9.47. The summed E-state index contributed by atoms with van der Waals surface area (Å²) < 4.78 is 17.0. The van der Waals surface area contributed by atoms with Gasteiger partial charge < -0.3 is 19.3 Å². The van der Waals surface area contributed by atoms with Crippen molar-refractivity contribution < 1.29 is 19.3 Å². The Kier molecular flexibility index (Phi) is 7.93. The zero-order chi connectivity index (χ0) is 15.7. The average molecular weight is 297 g/mol. The van der Waals surface area contributed by atoms with E-state index in [-0.39, 0.29) is 6.61 Å². The van der Waals surface area contributed by atoms with E-state index in [9.17, 15) is 0 Å². The molecule has 21 heavy (non-hydrogen) atoms. The van der Waals surface area contributed by atoms with Gasteiger partial charge in [0, 0.05) is 13.1 Å². The zero-order valence-corrected chi connectivity index (χ0v) is 13.5. The summed E-state index contributed by atoms with van der Waals surface area (Å²) in [6, 6.07) is 3.95. The molecule has 0 aromatic heterocycles. The fourth-order valence-corrected chi connectivity index (χ4v) is 2.10. The molecule has 0 spiro atoms. The van der Waals surface area contributed by atoms with E-state index in [1.807, 2.05) is 44.9 Å². The molecule has 0 radical (unpaired) electrons. The number of aliphatic hydroxyl groups excluding tert-OH is 1. The molecule has 5 nitrogen and oxygen atoms in total. The number of benzene rings is 1. The topological polar surface area (TPSA) is 51.2 Å². The van der Waals surface area contributed by atoms with Crippen LogP contribution in [0.2, 0.25) is 0 Å². The number of nitrogens with zero attached hydrogens (tertiary/aromatic N) is 1. The standard InChI is InChI=1S/C16H27NO4/c1-5-19-14-10-13(12-17(4)8-9-18)11-15(20-6-2)16(14)21-7-3/h10-11,18H,5-9,12H2,1-4H3. The lowest BCUT2D eigenvalue weighted by atomic mass is 10.1. The first-order valence-corrected chi connectivity index (χ1v) is 7.50. The maximum Gasteiger partial charge on any atom is 0.203 e. The van der Waals surface area contributed by atoms with Gasteiger partial charge in [-0.05, 0) is 45.5 Å². The second-order valence-electron chi connectivity index (χ2n) is 4.68. The van der Waals surface area contributed by atoms with Crippen LogP contribution in [-0.4, -0.2) is 50.0 Å². The molecule has 1 rings (SSSR count). The highest BCUT2D eigenvalue weighted by atomic mass is 16.5. The largest absolute Gasteiger partial charge is 0.490 e. The van der Waals surface area contributed by atoms with Gasteiger partial charge in [-0.15, -0.1) is 0 Å². The van der Waals surface area contributed by atoms with Crippen molar-refractivity contribution in [1.29, 1.82) is 0 Å². The molecule has 0 unspecified atom stereocenters. The van der Waals surface area contributed by atoms with Crippen molar-refractivity contribution in [2.24, 2.45) is 0 Å². The van der Waals surface area contributed by atoms with Crippen molar-refractivity contribution in [3.05, 3.63) is 17.7 Å². The molecule has 0 aliphatic carbocycles. The van der Waals surface area contributed by atoms with Crippen molar-refractivity contribution in [3.63, 3.8) is 0 Å². The Morgan fingerprint density at radius 2 is 1.48 bits per heavy atom. The third-order valence-electron chi connectivity index (χ3n) is 2.90. The number of hydrogen-bond acceptors (Lipinski definition) is 5. The van der Waals surface area contributed by atoms with Crippen molar-refractivity contribution >= 4 is 0 Å². The zero-order valence-electron chi connectivity index (χ0n) is 13.5. The summed E-state index contributed by atoms with van der Waals surface area (Å²) in [7, 11) is 1.97. The summed E-state index contributed by atoms with van der Waals surface area (Å²) in [5.41, 5.74) is 1.07. The van der Waals surface area contributed by atoms with Gasteiger partial charge in [0.1, 0.15) is 0 Å². The Labute approximate surface area is 127 Å². The monoisotopic (exact) mass is 297 g/mol. The highest BCUT2D eigenvalue weighted by Gasteiger charge is 2.15. The lowest BCUT2D eigenvalue weighted by molar-refractivity contribution is 0.216. The van der Waals surface area contributed by atoms with Gasteiger partial charge in [-0.2, -0.15) is 0 Å². The molecule has 0 amide bonds. The highest BCUT2D eigenvalue weighted by Crippen LogP contribution is 2.39. The molecule has 0 fully saturated rings. The third-order valence-corrected chi connectivity index (χ3v) is 2.90. The average Bonchev–Trinajstić information content (AvgIpc) is 2.43. The summed E-state index contributed by atoms with van der Waals surface area (Å²) >= 11 is 0. The summed E-state index contributed by atoms with van der Waals surface area (Å²) in [4.78, 5) is 2.04. The lowest BCUT2D eigenvalue weighted by Gasteiger charge is -2.20. The fourth-order valence-electron chi connectivity index (χ4n) is 2.10. The SMILES string of the molecule is CCOc1cc(CN(C)CCO)cc(OCC)c1OCC. The fraction of sp³-hybridized carbons (Fsp3) is 0.625. The van der Waals surface area contributed by atoms with E-state index < -0.39 is 0 Å². The van der Waals surface area contributed by atoms with E-state index in [1.165, 1.54) is 0 Å². The first kappa shape index (κ1) is 17.6. The third kappa shape index (κ3) is 5.44. The van der Waals surface area contributed by atoms with E-state index in [2.05, 4.69) is 0 Å².